The molecule has 0 spiro atoms. The highest BCUT2D eigenvalue weighted by Gasteiger charge is 2.32. The number of amides is 1. The summed E-state index contributed by atoms with van der Waals surface area (Å²) in [4.78, 5) is 25.5. The Morgan fingerprint density at radius 2 is 2.04 bits per heavy atom. The number of carboxylic acid groups (broad SMARTS) is 1. The summed E-state index contributed by atoms with van der Waals surface area (Å²) in [6, 6.07) is 4.24. The maximum absolute atomic E-state index is 12.8. The third-order valence-electron chi connectivity index (χ3n) is 4.17. The van der Waals surface area contributed by atoms with E-state index in [-0.39, 0.29) is 23.3 Å². The Morgan fingerprint density at radius 1 is 1.35 bits per heavy atom. The molecule has 7 heteroatoms. The van der Waals surface area contributed by atoms with Gasteiger partial charge in [-0.25, -0.2) is 8.42 Å². The molecule has 0 aliphatic carbocycles. The van der Waals surface area contributed by atoms with Crippen LogP contribution in [0, 0.1) is 0 Å². The number of hydrogen-bond donors (Lipinski definition) is 1. The first-order valence-corrected chi connectivity index (χ1v) is 9.49. The monoisotopic (exact) mass is 339 g/mol. The van der Waals surface area contributed by atoms with Crippen molar-refractivity contribution >= 4 is 21.7 Å². The normalized spacial score (nSPS) is 18.2. The number of benzene rings is 1. The predicted octanol–water partition coefficient (Wildman–Crippen LogP) is 1.73. The SMILES string of the molecule is CCc1ccc(S(C)(=O)=O)cc1C(=O)N1CCCC1CC(=O)O. The molecule has 6 nitrogen and oxygen atoms in total. The Balaban J connectivity index is 2.39. The largest absolute Gasteiger partial charge is 0.481 e. The summed E-state index contributed by atoms with van der Waals surface area (Å²) in [5, 5.41) is 8.98. The van der Waals surface area contributed by atoms with Gasteiger partial charge >= 0.3 is 5.97 Å². The fourth-order valence-corrected chi connectivity index (χ4v) is 3.61. The van der Waals surface area contributed by atoms with Gasteiger partial charge in [0.05, 0.1) is 11.3 Å². The molecule has 1 fully saturated rings. The van der Waals surface area contributed by atoms with E-state index in [1.807, 2.05) is 6.92 Å². The van der Waals surface area contributed by atoms with Gasteiger partial charge in [0, 0.05) is 24.4 Å². The average Bonchev–Trinajstić information content (AvgIpc) is 2.92. The molecular formula is C16H21NO5S. The van der Waals surface area contributed by atoms with Crippen LogP contribution in [0.15, 0.2) is 23.1 Å². The van der Waals surface area contributed by atoms with E-state index < -0.39 is 15.8 Å². The zero-order valence-electron chi connectivity index (χ0n) is 13.3. The second-order valence-electron chi connectivity index (χ2n) is 5.84. The highest BCUT2D eigenvalue weighted by atomic mass is 32.2. The number of carbonyl (C=O) groups excluding carboxylic acids is 1. The summed E-state index contributed by atoms with van der Waals surface area (Å²) in [6.45, 7) is 2.40. The number of rotatable bonds is 5. The lowest BCUT2D eigenvalue weighted by Gasteiger charge is -2.24. The number of carbonyl (C=O) groups is 2. The van der Waals surface area contributed by atoms with Crippen LogP contribution in [-0.2, 0) is 21.1 Å². The Hall–Kier alpha value is -1.89. The van der Waals surface area contributed by atoms with Crippen LogP contribution in [0.1, 0.15) is 42.1 Å². The van der Waals surface area contributed by atoms with Crippen LogP contribution in [0.25, 0.3) is 0 Å². The molecule has 0 aromatic heterocycles. The molecular weight excluding hydrogens is 318 g/mol. The zero-order chi connectivity index (χ0) is 17.2. The van der Waals surface area contributed by atoms with E-state index in [1.165, 1.54) is 12.1 Å². The molecule has 1 N–H and O–H groups in total. The van der Waals surface area contributed by atoms with Gasteiger partial charge < -0.3 is 10.0 Å². The fraction of sp³-hybridized carbons (Fsp3) is 0.500. The third kappa shape index (κ3) is 3.90. The molecule has 0 saturated carbocycles. The minimum absolute atomic E-state index is 0.0844. The highest BCUT2D eigenvalue weighted by Crippen LogP contribution is 2.25. The van der Waals surface area contributed by atoms with Crippen molar-refractivity contribution in [1.29, 1.82) is 0 Å². The van der Waals surface area contributed by atoms with Crippen molar-refractivity contribution in [2.45, 2.75) is 43.5 Å². The molecule has 1 aliphatic rings. The molecule has 1 heterocycles. The number of aliphatic carboxylic acids is 1. The fourth-order valence-electron chi connectivity index (χ4n) is 2.97. The van der Waals surface area contributed by atoms with Crippen molar-refractivity contribution in [2.24, 2.45) is 0 Å². The van der Waals surface area contributed by atoms with Crippen molar-refractivity contribution in [3.63, 3.8) is 0 Å². The first-order valence-electron chi connectivity index (χ1n) is 7.59. The van der Waals surface area contributed by atoms with E-state index in [1.54, 1.807) is 11.0 Å². The van der Waals surface area contributed by atoms with E-state index in [0.29, 0.717) is 24.9 Å². The van der Waals surface area contributed by atoms with Crippen LogP contribution < -0.4 is 0 Å². The Labute approximate surface area is 136 Å². The van der Waals surface area contributed by atoms with Crippen molar-refractivity contribution in [3.8, 4) is 0 Å². The molecule has 1 aromatic rings. The van der Waals surface area contributed by atoms with Gasteiger partial charge in [-0.1, -0.05) is 13.0 Å². The molecule has 2 rings (SSSR count). The maximum Gasteiger partial charge on any atom is 0.305 e. The summed E-state index contributed by atoms with van der Waals surface area (Å²) < 4.78 is 23.5. The highest BCUT2D eigenvalue weighted by molar-refractivity contribution is 7.90. The van der Waals surface area contributed by atoms with Crippen LogP contribution in [0.4, 0.5) is 0 Å². The Kier molecular flexibility index (Phi) is 5.09. The summed E-state index contributed by atoms with van der Waals surface area (Å²) >= 11 is 0. The lowest BCUT2D eigenvalue weighted by Crippen LogP contribution is -2.37. The molecule has 0 bridgehead atoms. The zero-order valence-corrected chi connectivity index (χ0v) is 14.1. The average molecular weight is 339 g/mol. The summed E-state index contributed by atoms with van der Waals surface area (Å²) in [5.74, 6) is -1.22. The van der Waals surface area contributed by atoms with E-state index in [9.17, 15) is 18.0 Å². The van der Waals surface area contributed by atoms with E-state index in [0.717, 1.165) is 18.2 Å². The second-order valence-corrected chi connectivity index (χ2v) is 7.85. The smallest absolute Gasteiger partial charge is 0.305 e. The number of sulfone groups is 1. The number of nitrogens with zero attached hydrogens (tertiary/aromatic N) is 1. The molecule has 1 aromatic carbocycles. The van der Waals surface area contributed by atoms with Gasteiger partial charge in [0.25, 0.3) is 5.91 Å². The lowest BCUT2D eigenvalue weighted by atomic mass is 10.0. The molecule has 0 radical (unpaired) electrons. The standard InChI is InChI=1S/C16H21NO5S/c1-3-11-6-7-13(23(2,21)22)10-14(11)16(20)17-8-4-5-12(17)9-15(18)19/h6-7,10,12H,3-5,8-9H2,1-2H3,(H,18,19). The molecule has 1 unspecified atom stereocenters. The topological polar surface area (TPSA) is 91.8 Å². The maximum atomic E-state index is 12.8. The molecule has 1 atom stereocenters. The molecule has 126 valence electrons. The lowest BCUT2D eigenvalue weighted by molar-refractivity contribution is -0.137. The van der Waals surface area contributed by atoms with Gasteiger partial charge in [0.1, 0.15) is 0 Å². The second kappa shape index (κ2) is 6.70. The van der Waals surface area contributed by atoms with Crippen LogP contribution in [0.3, 0.4) is 0 Å². The van der Waals surface area contributed by atoms with E-state index >= 15 is 0 Å². The van der Waals surface area contributed by atoms with Gasteiger partial charge in [-0.2, -0.15) is 0 Å². The number of aryl methyl sites for hydroxylation is 1. The van der Waals surface area contributed by atoms with E-state index in [4.69, 9.17) is 5.11 Å². The van der Waals surface area contributed by atoms with Crippen LogP contribution in [-0.4, -0.2) is 49.1 Å². The van der Waals surface area contributed by atoms with Crippen molar-refractivity contribution < 1.29 is 23.1 Å². The molecule has 1 aliphatic heterocycles. The van der Waals surface area contributed by atoms with Gasteiger partial charge in [0.2, 0.25) is 0 Å². The number of hydrogen-bond acceptors (Lipinski definition) is 4. The Morgan fingerprint density at radius 3 is 2.61 bits per heavy atom. The van der Waals surface area contributed by atoms with Gasteiger partial charge in [0.15, 0.2) is 9.84 Å². The van der Waals surface area contributed by atoms with Crippen molar-refractivity contribution in [2.75, 3.05) is 12.8 Å². The summed E-state index contributed by atoms with van der Waals surface area (Å²) in [7, 11) is -3.40. The van der Waals surface area contributed by atoms with Gasteiger partial charge in [-0.05, 0) is 37.0 Å². The third-order valence-corrected chi connectivity index (χ3v) is 5.28. The van der Waals surface area contributed by atoms with Crippen LogP contribution >= 0.6 is 0 Å². The quantitative estimate of drug-likeness (QED) is 0.882. The van der Waals surface area contributed by atoms with Crippen LogP contribution in [0.5, 0.6) is 0 Å². The minimum Gasteiger partial charge on any atom is -0.481 e. The van der Waals surface area contributed by atoms with E-state index in [2.05, 4.69) is 0 Å². The molecule has 23 heavy (non-hydrogen) atoms. The number of carboxylic acids is 1. The summed E-state index contributed by atoms with van der Waals surface area (Å²) in [5.41, 5.74) is 1.12. The van der Waals surface area contributed by atoms with Crippen molar-refractivity contribution in [1.82, 2.24) is 4.90 Å². The van der Waals surface area contributed by atoms with Gasteiger partial charge in [-0.3, -0.25) is 9.59 Å². The predicted molar refractivity (Wildman–Crippen MR) is 85.2 cm³/mol. The minimum atomic E-state index is -3.40. The van der Waals surface area contributed by atoms with Crippen LogP contribution in [0.2, 0.25) is 0 Å². The first-order chi connectivity index (χ1) is 10.7. The summed E-state index contributed by atoms with van der Waals surface area (Å²) in [6.07, 6.45) is 3.04. The molecule has 1 amide bonds. The van der Waals surface area contributed by atoms with Gasteiger partial charge in [-0.15, -0.1) is 0 Å². The Bertz CT molecular complexity index is 726. The molecule has 1 saturated heterocycles. The van der Waals surface area contributed by atoms with Crippen molar-refractivity contribution in [3.05, 3.63) is 29.3 Å². The number of likely N-dealkylation sites (tertiary alicyclic amines) is 1. The first kappa shape index (κ1) is 17.5.